The van der Waals surface area contributed by atoms with Crippen LogP contribution in [0, 0.1) is 27.7 Å². The lowest BCUT2D eigenvalue weighted by atomic mass is 10.1. The number of aryl methyl sites for hydroxylation is 5. The van der Waals surface area contributed by atoms with Gasteiger partial charge >= 0.3 is 0 Å². The van der Waals surface area contributed by atoms with Gasteiger partial charge in [0.2, 0.25) is 5.91 Å². The predicted molar refractivity (Wildman–Crippen MR) is 123 cm³/mol. The fourth-order valence-electron chi connectivity index (χ4n) is 3.99. The van der Waals surface area contributed by atoms with Crippen molar-refractivity contribution < 1.29 is 14.0 Å². The van der Waals surface area contributed by atoms with E-state index in [1.807, 2.05) is 39.8 Å². The first-order valence-electron chi connectivity index (χ1n) is 10.3. The maximum atomic E-state index is 13.1. The number of fused-ring (bicyclic) bond motifs is 1. The summed E-state index contributed by atoms with van der Waals surface area (Å²) in [6.07, 6.45) is 1.55. The van der Waals surface area contributed by atoms with Crippen LogP contribution in [0.4, 0.5) is 5.69 Å². The van der Waals surface area contributed by atoms with E-state index in [1.54, 1.807) is 36.2 Å². The lowest BCUT2D eigenvalue weighted by molar-refractivity contribution is -0.115. The molecule has 0 bridgehead atoms. The molecule has 0 atom stereocenters. The number of aromatic nitrogens is 3. The zero-order valence-electron chi connectivity index (χ0n) is 18.7. The number of rotatable bonds is 5. The van der Waals surface area contributed by atoms with Gasteiger partial charge < -0.3 is 15.1 Å². The molecule has 8 heteroatoms. The van der Waals surface area contributed by atoms with Gasteiger partial charge in [0, 0.05) is 12.7 Å². The molecule has 3 heterocycles. The van der Waals surface area contributed by atoms with Gasteiger partial charge in [-0.3, -0.25) is 14.3 Å². The molecule has 1 aromatic carbocycles. The number of benzene rings is 1. The summed E-state index contributed by atoms with van der Waals surface area (Å²) in [5, 5.41) is 10.7. The van der Waals surface area contributed by atoms with E-state index < -0.39 is 0 Å². The Labute approximate surface area is 185 Å². The largest absolute Gasteiger partial charge is 0.463 e. The molecule has 4 rings (SSSR count). The average molecular weight is 431 g/mol. The maximum Gasteiger partial charge on any atom is 0.252 e. The third-order valence-electron chi connectivity index (χ3n) is 5.34. The Kier molecular flexibility index (Phi) is 5.52. The third-order valence-corrected chi connectivity index (χ3v) is 5.34. The summed E-state index contributed by atoms with van der Waals surface area (Å²) in [6, 6.07) is 9.22. The van der Waals surface area contributed by atoms with Crippen LogP contribution in [0.15, 0.2) is 41.0 Å². The highest BCUT2D eigenvalue weighted by molar-refractivity contribution is 6.08. The summed E-state index contributed by atoms with van der Waals surface area (Å²) in [5.41, 5.74) is 6.02. The van der Waals surface area contributed by atoms with Crippen molar-refractivity contribution in [3.05, 3.63) is 64.5 Å². The average Bonchev–Trinajstić information content (AvgIpc) is 3.37. The Morgan fingerprint density at radius 3 is 2.47 bits per heavy atom. The highest BCUT2D eigenvalue weighted by Crippen LogP contribution is 2.27. The summed E-state index contributed by atoms with van der Waals surface area (Å²) >= 11 is 0. The molecule has 0 aliphatic heterocycles. The topological polar surface area (TPSA) is 102 Å². The summed E-state index contributed by atoms with van der Waals surface area (Å²) in [4.78, 5) is 30.3. The van der Waals surface area contributed by atoms with Crippen molar-refractivity contribution in [1.29, 1.82) is 0 Å². The van der Waals surface area contributed by atoms with Crippen molar-refractivity contribution in [2.75, 3.05) is 11.9 Å². The van der Waals surface area contributed by atoms with Crippen LogP contribution >= 0.6 is 0 Å². The first-order valence-corrected chi connectivity index (χ1v) is 10.3. The van der Waals surface area contributed by atoms with E-state index in [1.165, 1.54) is 0 Å². The van der Waals surface area contributed by atoms with Crippen LogP contribution in [-0.4, -0.2) is 33.1 Å². The number of nitrogens with zero attached hydrogens (tertiary/aromatic N) is 3. The van der Waals surface area contributed by atoms with Crippen LogP contribution < -0.4 is 10.6 Å². The first kappa shape index (κ1) is 21.3. The van der Waals surface area contributed by atoms with Gasteiger partial charge in [0.25, 0.3) is 5.91 Å². The maximum absolute atomic E-state index is 13.1. The minimum absolute atomic E-state index is 0.162. The molecule has 0 unspecified atom stereocenters. The molecule has 8 nitrogen and oxygen atoms in total. The molecule has 2 amide bonds. The van der Waals surface area contributed by atoms with E-state index in [9.17, 15) is 9.59 Å². The predicted octanol–water partition coefficient (Wildman–Crippen LogP) is 3.83. The molecule has 3 aromatic heterocycles. The number of carbonyl (C=O) groups excluding carboxylic acids is 2. The molecular formula is C24H25N5O3. The number of furan rings is 1. The number of amides is 2. The number of anilines is 1. The zero-order valence-corrected chi connectivity index (χ0v) is 18.7. The van der Waals surface area contributed by atoms with Gasteiger partial charge in [-0.15, -0.1) is 0 Å². The highest BCUT2D eigenvalue weighted by Gasteiger charge is 2.20. The molecule has 0 spiro atoms. The van der Waals surface area contributed by atoms with Gasteiger partial charge in [-0.05, 0) is 57.0 Å². The van der Waals surface area contributed by atoms with E-state index in [0.717, 1.165) is 22.4 Å². The van der Waals surface area contributed by atoms with E-state index in [2.05, 4.69) is 20.7 Å². The standard InChI is InChI=1S/C24H25N5O3/c1-13-9-14(2)22(15(3)10-13)27-20(30)12-25-24(31)17-11-18(19-7-6-8-32-19)26-23-21(17)16(4)28-29(23)5/h6-11H,12H2,1-5H3,(H,25,31)(H,27,30). The van der Waals surface area contributed by atoms with Crippen LogP contribution in [0.25, 0.3) is 22.5 Å². The number of pyridine rings is 1. The molecule has 0 saturated carbocycles. The quantitative estimate of drug-likeness (QED) is 0.500. The van der Waals surface area contributed by atoms with E-state index in [0.29, 0.717) is 33.7 Å². The molecule has 164 valence electrons. The summed E-state index contributed by atoms with van der Waals surface area (Å²) in [7, 11) is 1.77. The Hall–Kier alpha value is -3.94. The van der Waals surface area contributed by atoms with Gasteiger partial charge in [0.1, 0.15) is 5.69 Å². The molecule has 32 heavy (non-hydrogen) atoms. The van der Waals surface area contributed by atoms with Crippen LogP contribution in [0.3, 0.4) is 0 Å². The number of hydrogen-bond donors (Lipinski definition) is 2. The Balaban J connectivity index is 1.58. The first-order chi connectivity index (χ1) is 15.2. The van der Waals surface area contributed by atoms with Gasteiger partial charge in [-0.25, -0.2) is 4.98 Å². The lowest BCUT2D eigenvalue weighted by Crippen LogP contribution is -2.33. The van der Waals surface area contributed by atoms with Crippen molar-refractivity contribution in [1.82, 2.24) is 20.1 Å². The molecule has 0 fully saturated rings. The van der Waals surface area contributed by atoms with Gasteiger partial charge in [0.15, 0.2) is 11.4 Å². The second-order valence-electron chi connectivity index (χ2n) is 7.94. The highest BCUT2D eigenvalue weighted by atomic mass is 16.3. The fourth-order valence-corrected chi connectivity index (χ4v) is 3.99. The second kappa shape index (κ2) is 8.30. The van der Waals surface area contributed by atoms with Gasteiger partial charge in [0.05, 0.1) is 29.5 Å². The van der Waals surface area contributed by atoms with Crippen LogP contribution in [-0.2, 0) is 11.8 Å². The summed E-state index contributed by atoms with van der Waals surface area (Å²) in [5.74, 6) is -0.135. The summed E-state index contributed by atoms with van der Waals surface area (Å²) in [6.45, 7) is 7.57. The minimum Gasteiger partial charge on any atom is -0.463 e. The van der Waals surface area contributed by atoms with Crippen LogP contribution in [0.2, 0.25) is 0 Å². The van der Waals surface area contributed by atoms with Crippen molar-refractivity contribution in [3.63, 3.8) is 0 Å². The SMILES string of the molecule is Cc1cc(C)c(NC(=O)CNC(=O)c2cc(-c3ccco3)nc3c2c(C)nn3C)c(C)c1. The molecule has 4 aromatic rings. The molecule has 0 aliphatic rings. The van der Waals surface area contributed by atoms with E-state index in [4.69, 9.17) is 4.42 Å². The van der Waals surface area contributed by atoms with Crippen molar-refractivity contribution >= 4 is 28.5 Å². The van der Waals surface area contributed by atoms with Crippen LogP contribution in [0.1, 0.15) is 32.7 Å². The Bertz CT molecular complexity index is 1310. The van der Waals surface area contributed by atoms with Gasteiger partial charge in [-0.2, -0.15) is 5.10 Å². The van der Waals surface area contributed by atoms with E-state index >= 15 is 0 Å². The number of hydrogen-bond acceptors (Lipinski definition) is 5. The van der Waals surface area contributed by atoms with E-state index in [-0.39, 0.29) is 18.4 Å². The third kappa shape index (κ3) is 3.99. The molecule has 0 saturated heterocycles. The molecule has 0 aliphatic carbocycles. The smallest absolute Gasteiger partial charge is 0.252 e. The molecule has 0 radical (unpaired) electrons. The minimum atomic E-state index is -0.381. The lowest BCUT2D eigenvalue weighted by Gasteiger charge is -2.13. The fraction of sp³-hybridized carbons (Fsp3) is 0.250. The van der Waals surface area contributed by atoms with Gasteiger partial charge in [-0.1, -0.05) is 17.7 Å². The Morgan fingerprint density at radius 1 is 1.09 bits per heavy atom. The molecule has 2 N–H and O–H groups in total. The number of carbonyl (C=O) groups is 2. The second-order valence-corrected chi connectivity index (χ2v) is 7.94. The van der Waals surface area contributed by atoms with Crippen molar-refractivity contribution in [2.24, 2.45) is 7.05 Å². The Morgan fingerprint density at radius 2 is 1.81 bits per heavy atom. The zero-order chi connectivity index (χ0) is 23.0. The van der Waals surface area contributed by atoms with Crippen LogP contribution in [0.5, 0.6) is 0 Å². The van der Waals surface area contributed by atoms with Crippen molar-refractivity contribution in [3.8, 4) is 11.5 Å². The molecular weight excluding hydrogens is 406 g/mol. The normalized spacial score (nSPS) is 11.0. The van der Waals surface area contributed by atoms with Crippen molar-refractivity contribution in [2.45, 2.75) is 27.7 Å². The monoisotopic (exact) mass is 431 g/mol. The summed E-state index contributed by atoms with van der Waals surface area (Å²) < 4.78 is 7.09. The number of nitrogens with one attached hydrogen (secondary N) is 2.